The molecule has 1 aliphatic rings. The van der Waals surface area contributed by atoms with Crippen molar-refractivity contribution < 1.29 is 9.53 Å². The van der Waals surface area contributed by atoms with Gasteiger partial charge in [-0.15, -0.1) is 0 Å². The normalized spacial score (nSPS) is 19.5. The molecule has 1 unspecified atom stereocenters. The predicted molar refractivity (Wildman–Crippen MR) is 80.6 cm³/mol. The molecular weight excluding hydrogens is 264 g/mol. The molecule has 0 radical (unpaired) electrons. The lowest BCUT2D eigenvalue weighted by atomic mass is 9.72. The van der Waals surface area contributed by atoms with Gasteiger partial charge in [0.2, 0.25) is 0 Å². The van der Waals surface area contributed by atoms with Crippen LogP contribution in [0.3, 0.4) is 0 Å². The molecule has 1 fully saturated rings. The minimum atomic E-state index is -0.543. The average Bonchev–Trinajstić information content (AvgIpc) is 2.55. The number of methoxy groups -OCH3 is 1. The van der Waals surface area contributed by atoms with Gasteiger partial charge in [0.25, 0.3) is 0 Å². The molecule has 0 spiro atoms. The maximum absolute atomic E-state index is 12.4. The van der Waals surface area contributed by atoms with Crippen molar-refractivity contribution in [2.24, 2.45) is 0 Å². The Labute approximate surface area is 126 Å². The highest BCUT2D eigenvalue weighted by Crippen LogP contribution is 2.37. The Bertz CT molecular complexity index is 513. The highest BCUT2D eigenvalue weighted by Gasteiger charge is 2.44. The van der Waals surface area contributed by atoms with E-state index in [9.17, 15) is 4.79 Å². The van der Waals surface area contributed by atoms with Crippen LogP contribution in [-0.2, 0) is 14.9 Å². The first-order valence-corrected chi connectivity index (χ1v) is 7.39. The van der Waals surface area contributed by atoms with Crippen molar-refractivity contribution in [3.8, 4) is 6.07 Å². The molecule has 1 atom stereocenters. The molecule has 4 nitrogen and oxygen atoms in total. The third-order valence-electron chi connectivity index (χ3n) is 4.56. The van der Waals surface area contributed by atoms with E-state index < -0.39 is 5.41 Å². The molecule has 112 valence electrons. The molecule has 0 aliphatic carbocycles. The fourth-order valence-corrected chi connectivity index (χ4v) is 3.17. The first-order chi connectivity index (χ1) is 10.1. The van der Waals surface area contributed by atoms with Crippen molar-refractivity contribution in [3.63, 3.8) is 0 Å². The third kappa shape index (κ3) is 3.08. The molecule has 0 N–H and O–H groups in total. The van der Waals surface area contributed by atoms with Crippen molar-refractivity contribution in [1.82, 2.24) is 4.90 Å². The first kappa shape index (κ1) is 15.5. The summed E-state index contributed by atoms with van der Waals surface area (Å²) in [6.45, 7) is 3.69. The number of nitrogens with zero attached hydrogens (tertiary/aromatic N) is 2. The van der Waals surface area contributed by atoms with Crippen LogP contribution >= 0.6 is 0 Å². The number of piperidine rings is 1. The number of hydrogen-bond acceptors (Lipinski definition) is 4. The molecule has 1 aliphatic heterocycles. The second kappa shape index (κ2) is 6.73. The highest BCUT2D eigenvalue weighted by atomic mass is 16.5. The highest BCUT2D eigenvalue weighted by molar-refractivity contribution is 5.83. The predicted octanol–water partition coefficient (Wildman–Crippen LogP) is 2.50. The Morgan fingerprint density at radius 1 is 1.38 bits per heavy atom. The number of ether oxygens (including phenoxy) is 1. The minimum Gasteiger partial charge on any atom is -0.468 e. The van der Waals surface area contributed by atoms with Gasteiger partial charge in [0.1, 0.15) is 0 Å². The number of carbonyl (C=O) groups excluding carboxylic acids is 1. The van der Waals surface area contributed by atoms with Gasteiger partial charge in [-0.1, -0.05) is 30.3 Å². The Morgan fingerprint density at radius 3 is 2.52 bits per heavy atom. The van der Waals surface area contributed by atoms with Gasteiger partial charge in [-0.25, -0.2) is 0 Å². The van der Waals surface area contributed by atoms with Gasteiger partial charge in [-0.3, -0.25) is 9.69 Å². The molecule has 4 heteroatoms. The second-order valence-corrected chi connectivity index (χ2v) is 5.69. The Hall–Kier alpha value is -1.86. The van der Waals surface area contributed by atoms with Crippen molar-refractivity contribution in [2.75, 3.05) is 20.2 Å². The number of rotatable bonds is 4. The van der Waals surface area contributed by atoms with E-state index in [1.54, 1.807) is 0 Å². The van der Waals surface area contributed by atoms with Crippen LogP contribution in [-0.4, -0.2) is 37.1 Å². The van der Waals surface area contributed by atoms with E-state index in [4.69, 9.17) is 10.00 Å². The monoisotopic (exact) mass is 286 g/mol. The van der Waals surface area contributed by atoms with E-state index in [0.29, 0.717) is 6.42 Å². The average molecular weight is 286 g/mol. The standard InChI is InChI=1S/C17H22N2O2/c1-14(8-11-18)19-12-9-17(10-13-19,16(20)21-2)15-6-4-3-5-7-15/h3-7,14H,8-10,12-13H2,1-2H3. The summed E-state index contributed by atoms with van der Waals surface area (Å²) in [6, 6.07) is 12.3. The van der Waals surface area contributed by atoms with Crippen LogP contribution in [0.1, 0.15) is 31.7 Å². The lowest BCUT2D eigenvalue weighted by molar-refractivity contribution is -0.150. The summed E-state index contributed by atoms with van der Waals surface area (Å²) in [5.74, 6) is -0.152. The summed E-state index contributed by atoms with van der Waals surface area (Å²) in [5, 5.41) is 8.82. The molecule has 0 aromatic heterocycles. The largest absolute Gasteiger partial charge is 0.468 e. The lowest BCUT2D eigenvalue weighted by Gasteiger charge is -2.41. The van der Waals surface area contributed by atoms with Crippen LogP contribution in [0.4, 0.5) is 0 Å². The fourth-order valence-electron chi connectivity index (χ4n) is 3.17. The van der Waals surface area contributed by atoms with E-state index in [0.717, 1.165) is 31.5 Å². The van der Waals surface area contributed by atoms with Crippen molar-refractivity contribution in [1.29, 1.82) is 5.26 Å². The second-order valence-electron chi connectivity index (χ2n) is 5.69. The zero-order valence-corrected chi connectivity index (χ0v) is 12.7. The molecular formula is C17H22N2O2. The summed E-state index contributed by atoms with van der Waals surface area (Å²) in [6.07, 6.45) is 2.00. The summed E-state index contributed by atoms with van der Waals surface area (Å²) in [7, 11) is 1.46. The van der Waals surface area contributed by atoms with Crippen LogP contribution in [0.25, 0.3) is 0 Å². The van der Waals surface area contributed by atoms with Gasteiger partial charge in [0.05, 0.1) is 25.0 Å². The molecule has 1 saturated heterocycles. The number of carbonyl (C=O) groups is 1. The van der Waals surface area contributed by atoms with Crippen LogP contribution in [0.15, 0.2) is 30.3 Å². The number of esters is 1. The van der Waals surface area contributed by atoms with E-state index >= 15 is 0 Å². The lowest BCUT2D eigenvalue weighted by Crippen LogP contribution is -2.50. The SMILES string of the molecule is COC(=O)C1(c2ccccc2)CCN(C(C)CC#N)CC1. The molecule has 0 bridgehead atoms. The van der Waals surface area contributed by atoms with Gasteiger partial charge in [-0.05, 0) is 38.4 Å². The topological polar surface area (TPSA) is 53.3 Å². The molecule has 0 saturated carbocycles. The van der Waals surface area contributed by atoms with Gasteiger partial charge in [0.15, 0.2) is 0 Å². The molecule has 21 heavy (non-hydrogen) atoms. The molecule has 2 rings (SSSR count). The van der Waals surface area contributed by atoms with E-state index in [1.807, 2.05) is 30.3 Å². The van der Waals surface area contributed by atoms with E-state index in [2.05, 4.69) is 17.9 Å². The zero-order chi connectivity index (χ0) is 15.3. The summed E-state index contributed by atoms with van der Waals surface area (Å²) >= 11 is 0. The van der Waals surface area contributed by atoms with E-state index in [-0.39, 0.29) is 12.0 Å². The smallest absolute Gasteiger partial charge is 0.316 e. The number of benzene rings is 1. The fraction of sp³-hybridized carbons (Fsp3) is 0.529. The van der Waals surface area contributed by atoms with Crippen LogP contribution in [0.2, 0.25) is 0 Å². The molecule has 1 heterocycles. The van der Waals surface area contributed by atoms with Gasteiger partial charge in [0, 0.05) is 6.04 Å². The minimum absolute atomic E-state index is 0.152. The third-order valence-corrected chi connectivity index (χ3v) is 4.56. The van der Waals surface area contributed by atoms with E-state index in [1.165, 1.54) is 7.11 Å². The maximum Gasteiger partial charge on any atom is 0.316 e. The quantitative estimate of drug-likeness (QED) is 0.798. The van der Waals surface area contributed by atoms with Crippen molar-refractivity contribution in [3.05, 3.63) is 35.9 Å². The van der Waals surface area contributed by atoms with Crippen LogP contribution in [0.5, 0.6) is 0 Å². The van der Waals surface area contributed by atoms with Gasteiger partial charge < -0.3 is 4.74 Å². The number of likely N-dealkylation sites (tertiary alicyclic amines) is 1. The van der Waals surface area contributed by atoms with Crippen molar-refractivity contribution >= 4 is 5.97 Å². The van der Waals surface area contributed by atoms with Gasteiger partial charge in [-0.2, -0.15) is 5.26 Å². The Balaban J connectivity index is 2.19. The number of hydrogen-bond donors (Lipinski definition) is 0. The van der Waals surface area contributed by atoms with Crippen LogP contribution < -0.4 is 0 Å². The van der Waals surface area contributed by atoms with Crippen LogP contribution in [0, 0.1) is 11.3 Å². The Morgan fingerprint density at radius 2 is 2.00 bits per heavy atom. The first-order valence-electron chi connectivity index (χ1n) is 7.39. The summed E-state index contributed by atoms with van der Waals surface area (Å²) in [5.41, 5.74) is 0.489. The van der Waals surface area contributed by atoms with Gasteiger partial charge >= 0.3 is 5.97 Å². The molecule has 1 aromatic carbocycles. The maximum atomic E-state index is 12.4. The zero-order valence-electron chi connectivity index (χ0n) is 12.7. The van der Waals surface area contributed by atoms with Crippen molar-refractivity contribution in [2.45, 2.75) is 37.6 Å². The molecule has 1 aromatic rings. The Kier molecular flexibility index (Phi) is 4.98. The summed E-state index contributed by atoms with van der Waals surface area (Å²) in [4.78, 5) is 14.7. The number of nitriles is 1. The summed E-state index contributed by atoms with van der Waals surface area (Å²) < 4.78 is 5.08. The molecule has 0 amide bonds.